The van der Waals surface area contributed by atoms with E-state index in [2.05, 4.69) is 4.98 Å². The minimum Gasteiger partial charge on any atom is -0.493 e. The highest BCUT2D eigenvalue weighted by Crippen LogP contribution is 2.21. The average Bonchev–Trinajstić information content (AvgIpc) is 3.24. The van der Waals surface area contributed by atoms with Gasteiger partial charge in [0.2, 0.25) is 11.8 Å². The molecule has 0 spiro atoms. The number of pyridine rings is 1. The second-order valence-electron chi connectivity index (χ2n) is 10.4. The fourth-order valence-corrected chi connectivity index (χ4v) is 4.87. The summed E-state index contributed by atoms with van der Waals surface area (Å²) in [6.45, 7) is 6.36. The Hall–Kier alpha value is -3.62. The zero-order chi connectivity index (χ0) is 30.3. The van der Waals surface area contributed by atoms with E-state index in [0.29, 0.717) is 23.6 Å². The predicted octanol–water partition coefficient (Wildman–Crippen LogP) is 0.338. The number of aliphatic carboxylic acids is 3. The molecule has 2 aliphatic rings. The highest BCUT2D eigenvalue weighted by molar-refractivity contribution is 6.01. The minimum atomic E-state index is -1.03. The smallest absolute Gasteiger partial charge is 0.320 e. The van der Waals surface area contributed by atoms with Crippen molar-refractivity contribution in [2.24, 2.45) is 0 Å². The number of likely N-dealkylation sites (tertiary alicyclic amines) is 1. The van der Waals surface area contributed by atoms with Crippen LogP contribution in [0, 0.1) is 0 Å². The maximum atomic E-state index is 11.9. The molecule has 3 atom stereocenters. The van der Waals surface area contributed by atoms with Crippen LogP contribution in [0.15, 0.2) is 12.1 Å². The number of rotatable bonds is 11. The highest BCUT2D eigenvalue weighted by atomic mass is 16.5. The van der Waals surface area contributed by atoms with Gasteiger partial charge in [-0.25, -0.2) is 0 Å². The SMILES string of the molecule is CC(C(=O)O)N1CCN(C(C)C(=O)O)Cc2cc(OCCCN3C(=O)CCC3=O)cc(n2)CN(C(C)C(=O)O)CC1. The Balaban J connectivity index is 1.87. The molecule has 41 heavy (non-hydrogen) atoms. The van der Waals surface area contributed by atoms with Gasteiger partial charge in [-0.15, -0.1) is 0 Å². The number of aromatic nitrogens is 1. The molecule has 2 bridgehead atoms. The molecule has 0 aliphatic carbocycles. The number of carbonyl (C=O) groups excluding carboxylic acids is 2. The Kier molecular flexibility index (Phi) is 11.1. The van der Waals surface area contributed by atoms with Gasteiger partial charge in [0.1, 0.15) is 23.9 Å². The van der Waals surface area contributed by atoms with E-state index in [1.165, 1.54) is 4.90 Å². The molecule has 0 saturated carbocycles. The maximum absolute atomic E-state index is 11.9. The van der Waals surface area contributed by atoms with Crippen molar-refractivity contribution in [1.82, 2.24) is 24.6 Å². The van der Waals surface area contributed by atoms with Gasteiger partial charge in [-0.2, -0.15) is 0 Å². The van der Waals surface area contributed by atoms with Crippen LogP contribution in [0.5, 0.6) is 5.75 Å². The van der Waals surface area contributed by atoms with Crippen LogP contribution < -0.4 is 4.74 Å². The summed E-state index contributed by atoms with van der Waals surface area (Å²) in [5.41, 5.74) is 1.02. The number of imide groups is 1. The van der Waals surface area contributed by atoms with E-state index in [4.69, 9.17) is 4.74 Å². The van der Waals surface area contributed by atoms with E-state index in [0.717, 1.165) is 0 Å². The van der Waals surface area contributed by atoms with Crippen LogP contribution in [0.2, 0.25) is 0 Å². The third-order valence-electron chi connectivity index (χ3n) is 7.65. The van der Waals surface area contributed by atoms with Gasteiger partial charge in [0.15, 0.2) is 0 Å². The molecule has 1 fully saturated rings. The molecule has 3 N–H and O–H groups in total. The van der Waals surface area contributed by atoms with Crippen molar-refractivity contribution < 1.29 is 44.0 Å². The predicted molar refractivity (Wildman–Crippen MR) is 144 cm³/mol. The summed E-state index contributed by atoms with van der Waals surface area (Å²) in [6, 6.07) is 0.753. The number of carboxylic acid groups (broad SMARTS) is 3. The average molecular weight is 578 g/mol. The molecule has 14 heteroatoms. The third kappa shape index (κ3) is 8.68. The fraction of sp³-hybridized carbons (Fsp3) is 0.630. The van der Waals surface area contributed by atoms with Crippen LogP contribution in [0.25, 0.3) is 0 Å². The van der Waals surface area contributed by atoms with Crippen molar-refractivity contribution in [3.8, 4) is 5.75 Å². The molecule has 226 valence electrons. The number of hydrogen-bond donors (Lipinski definition) is 3. The van der Waals surface area contributed by atoms with E-state index >= 15 is 0 Å². The number of hydrogen-bond acceptors (Lipinski definition) is 10. The zero-order valence-electron chi connectivity index (χ0n) is 23.7. The molecule has 3 unspecified atom stereocenters. The molecule has 0 radical (unpaired) electrons. The second-order valence-corrected chi connectivity index (χ2v) is 10.4. The molecule has 3 rings (SSSR count). The Morgan fingerprint density at radius 3 is 1.63 bits per heavy atom. The van der Waals surface area contributed by atoms with Gasteiger partial charge in [0.05, 0.1) is 18.0 Å². The number of carboxylic acids is 3. The van der Waals surface area contributed by atoms with Gasteiger partial charge in [0, 0.05) is 70.8 Å². The number of ether oxygens (including phenoxy) is 1. The van der Waals surface area contributed by atoms with E-state index in [-0.39, 0.29) is 77.1 Å². The van der Waals surface area contributed by atoms with Gasteiger partial charge >= 0.3 is 17.9 Å². The number of amides is 2. The van der Waals surface area contributed by atoms with Crippen LogP contribution in [0.3, 0.4) is 0 Å². The molecule has 1 aromatic rings. The lowest BCUT2D eigenvalue weighted by atomic mass is 10.1. The number of nitrogens with zero attached hydrogens (tertiary/aromatic N) is 5. The first-order valence-corrected chi connectivity index (χ1v) is 13.7. The first-order valence-electron chi connectivity index (χ1n) is 13.7. The van der Waals surface area contributed by atoms with Crippen molar-refractivity contribution in [3.63, 3.8) is 0 Å². The monoisotopic (exact) mass is 577 g/mol. The van der Waals surface area contributed by atoms with Crippen LogP contribution in [0.4, 0.5) is 0 Å². The summed E-state index contributed by atoms with van der Waals surface area (Å²) >= 11 is 0. The first-order chi connectivity index (χ1) is 19.4. The topological polar surface area (TPSA) is 181 Å². The molecule has 1 saturated heterocycles. The lowest BCUT2D eigenvalue weighted by Gasteiger charge is -2.35. The van der Waals surface area contributed by atoms with Crippen molar-refractivity contribution in [2.75, 3.05) is 39.3 Å². The van der Waals surface area contributed by atoms with Gasteiger partial charge in [0.25, 0.3) is 0 Å². The van der Waals surface area contributed by atoms with E-state index in [1.807, 2.05) is 0 Å². The van der Waals surface area contributed by atoms with Crippen molar-refractivity contribution >= 4 is 29.7 Å². The Morgan fingerprint density at radius 1 is 0.780 bits per heavy atom. The van der Waals surface area contributed by atoms with Crippen LogP contribution in [0.1, 0.15) is 51.4 Å². The Morgan fingerprint density at radius 2 is 1.20 bits per heavy atom. The molecule has 2 aliphatic heterocycles. The lowest BCUT2D eigenvalue weighted by Crippen LogP contribution is -2.50. The van der Waals surface area contributed by atoms with Gasteiger partial charge in [-0.05, 0) is 27.2 Å². The van der Waals surface area contributed by atoms with Crippen LogP contribution in [-0.2, 0) is 37.1 Å². The van der Waals surface area contributed by atoms with Crippen LogP contribution in [-0.4, -0.2) is 127 Å². The van der Waals surface area contributed by atoms with E-state index in [1.54, 1.807) is 47.6 Å². The van der Waals surface area contributed by atoms with E-state index < -0.39 is 36.0 Å². The Labute approximate surface area is 238 Å². The van der Waals surface area contributed by atoms with Gasteiger partial charge < -0.3 is 20.1 Å². The van der Waals surface area contributed by atoms with Gasteiger partial charge in [-0.3, -0.25) is 48.6 Å². The first kappa shape index (κ1) is 31.9. The zero-order valence-corrected chi connectivity index (χ0v) is 23.7. The van der Waals surface area contributed by atoms with Gasteiger partial charge in [-0.1, -0.05) is 0 Å². The number of fused-ring (bicyclic) bond motifs is 2. The molecule has 0 aromatic carbocycles. The largest absolute Gasteiger partial charge is 0.493 e. The third-order valence-corrected chi connectivity index (χ3v) is 7.65. The maximum Gasteiger partial charge on any atom is 0.320 e. The fourth-order valence-electron chi connectivity index (χ4n) is 4.87. The van der Waals surface area contributed by atoms with Crippen LogP contribution >= 0.6 is 0 Å². The summed E-state index contributed by atoms with van der Waals surface area (Å²) < 4.78 is 5.95. The molecule has 3 heterocycles. The summed E-state index contributed by atoms with van der Waals surface area (Å²) in [7, 11) is 0. The second kappa shape index (κ2) is 14.3. The quantitative estimate of drug-likeness (QED) is 0.242. The van der Waals surface area contributed by atoms with Crippen molar-refractivity contribution in [1.29, 1.82) is 0 Å². The number of carbonyl (C=O) groups is 5. The summed E-state index contributed by atoms with van der Waals surface area (Å²) in [6.07, 6.45) is 0.868. The van der Waals surface area contributed by atoms with E-state index in [9.17, 15) is 39.3 Å². The van der Waals surface area contributed by atoms with Crippen molar-refractivity contribution in [2.45, 2.75) is 71.2 Å². The molecular weight excluding hydrogens is 538 g/mol. The minimum absolute atomic E-state index is 0.137. The molecule has 14 nitrogen and oxygen atoms in total. The molecule has 2 amide bonds. The normalized spacial score (nSPS) is 20.1. The van der Waals surface area contributed by atoms with Crippen molar-refractivity contribution in [3.05, 3.63) is 23.5 Å². The Bertz CT molecular complexity index is 1080. The standard InChI is InChI=1S/C27H39N5O9/c1-17(25(35)36)29-8-10-30(18(2)26(37)38)15-20-13-22(41-12-4-7-32-23(33)5-6-24(32)34)14-21(28-20)16-31(11-9-29)19(3)27(39)40/h13-14,17-19H,4-12,15-16H2,1-3H3,(H,35,36)(H,37,38)(H,39,40). The highest BCUT2D eigenvalue weighted by Gasteiger charge is 2.30. The molecular formula is C27H39N5O9. The summed E-state index contributed by atoms with van der Waals surface area (Å²) in [4.78, 5) is 70.3. The summed E-state index contributed by atoms with van der Waals surface area (Å²) in [5, 5.41) is 29.1. The summed E-state index contributed by atoms with van der Waals surface area (Å²) in [5.74, 6) is -3.03. The molecule has 1 aromatic heterocycles. The lowest BCUT2D eigenvalue weighted by molar-refractivity contribution is -0.145.